The number of hydrogen-bond donors (Lipinski definition) is 3. The van der Waals surface area contributed by atoms with Crippen molar-refractivity contribution in [3.05, 3.63) is 36.2 Å². The molecule has 1 fully saturated rings. The number of nitrogen functional groups attached to an aromatic ring is 1. The van der Waals surface area contributed by atoms with Gasteiger partial charge in [-0.15, -0.1) is 0 Å². The van der Waals surface area contributed by atoms with E-state index in [-0.39, 0.29) is 18.0 Å². The number of piperidine rings is 1. The Balaban J connectivity index is 1.67. The minimum atomic E-state index is -3.18. The molecule has 4 N–H and O–H groups in total. The van der Waals surface area contributed by atoms with E-state index in [1.807, 2.05) is 37.3 Å². The molecule has 1 unspecified atom stereocenters. The van der Waals surface area contributed by atoms with Crippen molar-refractivity contribution >= 4 is 27.6 Å². The average Bonchev–Trinajstić information content (AvgIpc) is 2.61. The molecular weight excluding hydrogens is 366 g/mol. The smallest absolute Gasteiger partial charge is 0.232 e. The number of nitrogens with one attached hydrogen (secondary N) is 2. The first-order valence-electron chi connectivity index (χ1n) is 8.85. The first kappa shape index (κ1) is 19.5. The van der Waals surface area contributed by atoms with Crippen LogP contribution in [0.2, 0.25) is 0 Å². The number of anilines is 3. The second kappa shape index (κ2) is 8.15. The zero-order valence-electron chi connectivity index (χ0n) is 15.5. The maximum Gasteiger partial charge on any atom is 0.232 e. The number of sulfonamides is 1. The highest BCUT2D eigenvalue weighted by Crippen LogP contribution is 2.24. The van der Waals surface area contributed by atoms with Crippen LogP contribution in [0.15, 0.2) is 30.3 Å². The van der Waals surface area contributed by atoms with Gasteiger partial charge in [-0.2, -0.15) is 15.0 Å². The molecule has 2 aromatic rings. The topological polar surface area (TPSA) is 126 Å². The van der Waals surface area contributed by atoms with Gasteiger partial charge in [0.15, 0.2) is 5.82 Å². The Morgan fingerprint density at radius 1 is 1.15 bits per heavy atom. The van der Waals surface area contributed by atoms with Crippen molar-refractivity contribution in [2.75, 3.05) is 30.4 Å². The highest BCUT2D eigenvalue weighted by atomic mass is 32.2. The molecule has 27 heavy (non-hydrogen) atoms. The summed E-state index contributed by atoms with van der Waals surface area (Å²) in [7, 11) is -3.18. The summed E-state index contributed by atoms with van der Waals surface area (Å²) in [5.74, 6) is 1.17. The minimum Gasteiger partial charge on any atom is -0.368 e. The molecule has 0 bridgehead atoms. The number of nitrogens with zero attached hydrogens (tertiary/aromatic N) is 4. The van der Waals surface area contributed by atoms with Gasteiger partial charge in [0.05, 0.1) is 12.3 Å². The monoisotopic (exact) mass is 391 g/mol. The number of rotatable bonds is 6. The Morgan fingerprint density at radius 3 is 2.44 bits per heavy atom. The van der Waals surface area contributed by atoms with Crippen molar-refractivity contribution < 1.29 is 8.42 Å². The third kappa shape index (κ3) is 5.59. The molecule has 0 aliphatic carbocycles. The molecule has 2 heterocycles. The third-order valence-corrected chi connectivity index (χ3v) is 5.29. The summed E-state index contributed by atoms with van der Waals surface area (Å²) in [4.78, 5) is 15.2. The average molecular weight is 392 g/mol. The van der Waals surface area contributed by atoms with Crippen LogP contribution < -0.4 is 15.8 Å². The molecule has 0 spiro atoms. The molecule has 0 saturated carbocycles. The van der Waals surface area contributed by atoms with Gasteiger partial charge >= 0.3 is 0 Å². The van der Waals surface area contributed by atoms with Crippen LogP contribution in [0, 0.1) is 0 Å². The van der Waals surface area contributed by atoms with Crippen molar-refractivity contribution in [3.8, 4) is 0 Å². The van der Waals surface area contributed by atoms with Gasteiger partial charge in [-0.1, -0.05) is 18.2 Å². The van der Waals surface area contributed by atoms with Gasteiger partial charge in [-0.25, -0.2) is 13.1 Å². The molecule has 1 saturated heterocycles. The summed E-state index contributed by atoms with van der Waals surface area (Å²) in [6.07, 6.45) is 2.68. The Bertz CT molecular complexity index is 868. The molecule has 1 aromatic heterocycles. The van der Waals surface area contributed by atoms with Crippen molar-refractivity contribution in [1.29, 1.82) is 0 Å². The Morgan fingerprint density at radius 2 is 1.81 bits per heavy atom. The fourth-order valence-corrected chi connectivity index (χ4v) is 4.01. The Labute approximate surface area is 159 Å². The molecule has 1 aromatic carbocycles. The van der Waals surface area contributed by atoms with E-state index in [4.69, 9.17) is 5.73 Å². The van der Waals surface area contributed by atoms with Crippen molar-refractivity contribution in [3.63, 3.8) is 0 Å². The van der Waals surface area contributed by atoms with E-state index in [2.05, 4.69) is 29.9 Å². The van der Waals surface area contributed by atoms with E-state index in [0.717, 1.165) is 31.6 Å². The normalized spacial score (nSPS) is 17.6. The summed E-state index contributed by atoms with van der Waals surface area (Å²) in [6.45, 7) is 3.52. The first-order chi connectivity index (χ1) is 12.8. The Kier molecular flexibility index (Phi) is 5.88. The van der Waals surface area contributed by atoms with Crippen LogP contribution in [-0.4, -0.2) is 53.7 Å². The van der Waals surface area contributed by atoms with E-state index in [0.29, 0.717) is 11.8 Å². The van der Waals surface area contributed by atoms with E-state index < -0.39 is 10.0 Å². The van der Waals surface area contributed by atoms with Crippen molar-refractivity contribution in [1.82, 2.24) is 24.6 Å². The summed E-state index contributed by atoms with van der Waals surface area (Å²) in [5, 5.41) is 3.14. The largest absolute Gasteiger partial charge is 0.368 e. The number of benzene rings is 1. The lowest BCUT2D eigenvalue weighted by Gasteiger charge is -2.35. The number of aromatic nitrogens is 3. The van der Waals surface area contributed by atoms with Crippen LogP contribution >= 0.6 is 0 Å². The fourth-order valence-electron chi connectivity index (χ4n) is 3.17. The van der Waals surface area contributed by atoms with Crippen LogP contribution in [0.3, 0.4) is 0 Å². The van der Waals surface area contributed by atoms with E-state index in [1.165, 1.54) is 6.26 Å². The second-order valence-electron chi connectivity index (χ2n) is 6.74. The highest BCUT2D eigenvalue weighted by molar-refractivity contribution is 7.88. The number of nitrogens with two attached hydrogens (primary N) is 1. The lowest BCUT2D eigenvalue weighted by Crippen LogP contribution is -2.45. The maximum absolute atomic E-state index is 11.4. The zero-order valence-corrected chi connectivity index (χ0v) is 16.3. The van der Waals surface area contributed by atoms with Crippen molar-refractivity contribution in [2.45, 2.75) is 31.8 Å². The minimum absolute atomic E-state index is 0.0258. The maximum atomic E-state index is 11.4. The molecular formula is C17H25N7O2S. The predicted octanol–water partition coefficient (Wildman–Crippen LogP) is 1.27. The van der Waals surface area contributed by atoms with Gasteiger partial charge in [0.2, 0.25) is 21.9 Å². The Hall–Kier alpha value is -2.30. The standard InChI is InChI=1S/C17H25N7O2S/c1-12(24-10-8-14(9-11-24)23-27(2,25)26)15-20-16(18)22-17(21-15)19-13-6-4-3-5-7-13/h3-7,12,14,23H,8-11H2,1-2H3,(H3,18,19,20,21,22). The molecule has 9 nitrogen and oxygen atoms in total. The molecule has 1 atom stereocenters. The van der Waals surface area contributed by atoms with E-state index >= 15 is 0 Å². The van der Waals surface area contributed by atoms with Gasteiger partial charge < -0.3 is 11.1 Å². The zero-order chi connectivity index (χ0) is 19.4. The molecule has 1 aliphatic heterocycles. The van der Waals surface area contributed by atoms with Crippen LogP contribution in [0.5, 0.6) is 0 Å². The lowest BCUT2D eigenvalue weighted by atomic mass is 10.0. The highest BCUT2D eigenvalue weighted by Gasteiger charge is 2.27. The molecule has 1 aliphatic rings. The van der Waals surface area contributed by atoms with Gasteiger partial charge in [0, 0.05) is 24.8 Å². The van der Waals surface area contributed by atoms with E-state index in [1.54, 1.807) is 0 Å². The SMILES string of the molecule is CC(c1nc(N)nc(Nc2ccccc2)n1)N1CCC(NS(C)(=O)=O)CC1. The van der Waals surface area contributed by atoms with Gasteiger partial charge in [0.25, 0.3) is 0 Å². The lowest BCUT2D eigenvalue weighted by molar-refractivity contribution is 0.154. The number of likely N-dealkylation sites (tertiary alicyclic amines) is 1. The quantitative estimate of drug-likeness (QED) is 0.672. The molecule has 146 valence electrons. The van der Waals surface area contributed by atoms with Crippen molar-refractivity contribution in [2.24, 2.45) is 0 Å². The summed E-state index contributed by atoms with van der Waals surface area (Å²) < 4.78 is 25.5. The molecule has 3 rings (SSSR count). The summed E-state index contributed by atoms with van der Waals surface area (Å²) >= 11 is 0. The summed E-state index contributed by atoms with van der Waals surface area (Å²) in [5.41, 5.74) is 6.74. The van der Waals surface area contributed by atoms with E-state index in [9.17, 15) is 8.42 Å². The van der Waals surface area contributed by atoms with Gasteiger partial charge in [0.1, 0.15) is 0 Å². The fraction of sp³-hybridized carbons (Fsp3) is 0.471. The van der Waals surface area contributed by atoms with Crippen LogP contribution in [0.1, 0.15) is 31.6 Å². The molecule has 0 radical (unpaired) electrons. The van der Waals surface area contributed by atoms with Crippen LogP contribution in [0.25, 0.3) is 0 Å². The number of para-hydroxylation sites is 1. The second-order valence-corrected chi connectivity index (χ2v) is 8.52. The predicted molar refractivity (Wildman–Crippen MR) is 105 cm³/mol. The van der Waals surface area contributed by atoms with Gasteiger partial charge in [-0.05, 0) is 31.9 Å². The van der Waals surface area contributed by atoms with Crippen LogP contribution in [-0.2, 0) is 10.0 Å². The first-order valence-corrected chi connectivity index (χ1v) is 10.7. The number of hydrogen-bond acceptors (Lipinski definition) is 8. The van der Waals surface area contributed by atoms with Crippen LogP contribution in [0.4, 0.5) is 17.6 Å². The summed E-state index contributed by atoms with van der Waals surface area (Å²) in [6, 6.07) is 9.54. The van der Waals surface area contributed by atoms with Gasteiger partial charge in [-0.3, -0.25) is 4.90 Å². The molecule has 0 amide bonds. The molecule has 10 heteroatoms. The third-order valence-electron chi connectivity index (χ3n) is 4.53.